The summed E-state index contributed by atoms with van der Waals surface area (Å²) in [6, 6.07) is 3.39. The second kappa shape index (κ2) is 6.44. The van der Waals surface area contributed by atoms with Crippen molar-refractivity contribution in [3.05, 3.63) is 28.5 Å². The van der Waals surface area contributed by atoms with Crippen LogP contribution in [0.4, 0.5) is 4.39 Å². The highest BCUT2D eigenvalue weighted by Gasteiger charge is 2.17. The second-order valence-electron chi connectivity index (χ2n) is 3.40. The van der Waals surface area contributed by atoms with Gasteiger partial charge in [-0.15, -0.1) is 0 Å². The predicted molar refractivity (Wildman–Crippen MR) is 65.6 cm³/mol. The lowest BCUT2D eigenvalue weighted by Crippen LogP contribution is -2.25. The van der Waals surface area contributed by atoms with Crippen molar-refractivity contribution in [3.63, 3.8) is 0 Å². The van der Waals surface area contributed by atoms with Crippen LogP contribution in [0.25, 0.3) is 0 Å². The molecule has 7 heteroatoms. The zero-order valence-corrected chi connectivity index (χ0v) is 11.4. The van der Waals surface area contributed by atoms with E-state index < -0.39 is 15.8 Å². The number of benzene rings is 1. The van der Waals surface area contributed by atoms with Crippen LogP contribution in [0, 0.1) is 5.82 Å². The van der Waals surface area contributed by atoms with Crippen LogP contribution in [0.2, 0.25) is 0 Å². The molecule has 0 unspecified atom stereocenters. The molecule has 0 aliphatic heterocycles. The first-order valence-electron chi connectivity index (χ1n) is 5.03. The average Bonchev–Trinajstić information content (AvgIpc) is 2.24. The highest BCUT2D eigenvalue weighted by Crippen LogP contribution is 2.22. The summed E-state index contributed by atoms with van der Waals surface area (Å²) in [6.45, 7) is 0.273. The Labute approximate surface area is 108 Å². The molecule has 4 nitrogen and oxygen atoms in total. The van der Waals surface area contributed by atoms with Crippen LogP contribution >= 0.6 is 15.9 Å². The molecule has 0 fully saturated rings. The van der Waals surface area contributed by atoms with E-state index in [-0.39, 0.29) is 22.5 Å². The van der Waals surface area contributed by atoms with Gasteiger partial charge in [-0.3, -0.25) is 0 Å². The van der Waals surface area contributed by atoms with E-state index in [1.54, 1.807) is 0 Å². The lowest BCUT2D eigenvalue weighted by molar-refractivity contribution is 0.285. The van der Waals surface area contributed by atoms with Crippen molar-refractivity contribution >= 4 is 26.0 Å². The molecule has 2 N–H and O–H groups in total. The summed E-state index contributed by atoms with van der Waals surface area (Å²) >= 11 is 3.01. The molecule has 1 aromatic rings. The van der Waals surface area contributed by atoms with Crippen molar-refractivity contribution in [1.29, 1.82) is 0 Å². The highest BCUT2D eigenvalue weighted by molar-refractivity contribution is 9.10. The molecular formula is C10H13BrFNO3S. The number of aliphatic hydroxyl groups excluding tert-OH is 1. The van der Waals surface area contributed by atoms with Gasteiger partial charge in [0.15, 0.2) is 0 Å². The topological polar surface area (TPSA) is 66.4 Å². The smallest absolute Gasteiger partial charge is 0.241 e. The van der Waals surface area contributed by atoms with Crippen molar-refractivity contribution in [2.45, 2.75) is 17.7 Å². The molecule has 0 atom stereocenters. The fraction of sp³-hybridized carbons (Fsp3) is 0.400. The Kier molecular flexibility index (Phi) is 5.51. The van der Waals surface area contributed by atoms with Crippen LogP contribution in [0.5, 0.6) is 0 Å². The van der Waals surface area contributed by atoms with Gasteiger partial charge in [0.2, 0.25) is 10.0 Å². The summed E-state index contributed by atoms with van der Waals surface area (Å²) in [7, 11) is -3.63. The zero-order chi connectivity index (χ0) is 12.9. The summed E-state index contributed by atoms with van der Waals surface area (Å²) in [5.74, 6) is -0.504. The Morgan fingerprint density at radius 2 is 2.06 bits per heavy atom. The van der Waals surface area contributed by atoms with Gasteiger partial charge in [0.1, 0.15) is 5.82 Å². The summed E-state index contributed by atoms with van der Waals surface area (Å²) in [4.78, 5) is 0.00268. The van der Waals surface area contributed by atoms with Crippen LogP contribution < -0.4 is 4.72 Å². The quantitative estimate of drug-likeness (QED) is 0.781. The maximum atomic E-state index is 12.8. The van der Waals surface area contributed by atoms with E-state index in [0.717, 1.165) is 12.1 Å². The lowest BCUT2D eigenvalue weighted by atomic mass is 10.3. The molecule has 0 aromatic heterocycles. The van der Waals surface area contributed by atoms with Crippen molar-refractivity contribution in [2.75, 3.05) is 13.2 Å². The monoisotopic (exact) mass is 325 g/mol. The van der Waals surface area contributed by atoms with Crippen LogP contribution in [0.3, 0.4) is 0 Å². The van der Waals surface area contributed by atoms with Gasteiger partial charge in [0.05, 0.1) is 4.90 Å². The van der Waals surface area contributed by atoms with Crippen LogP contribution in [0.1, 0.15) is 12.8 Å². The Balaban J connectivity index is 2.76. The maximum absolute atomic E-state index is 12.8. The largest absolute Gasteiger partial charge is 0.396 e. The Hall–Kier alpha value is -0.500. The fourth-order valence-electron chi connectivity index (χ4n) is 1.21. The van der Waals surface area contributed by atoms with Crippen LogP contribution in [-0.2, 0) is 10.0 Å². The maximum Gasteiger partial charge on any atom is 0.241 e. The first-order chi connectivity index (χ1) is 7.97. The molecule has 1 rings (SSSR count). The van der Waals surface area contributed by atoms with E-state index in [2.05, 4.69) is 20.7 Å². The minimum absolute atomic E-state index is 0.00268. The molecular weight excluding hydrogens is 313 g/mol. The number of hydrogen-bond donors (Lipinski definition) is 2. The van der Waals surface area contributed by atoms with Gasteiger partial charge in [-0.1, -0.05) is 0 Å². The van der Waals surface area contributed by atoms with E-state index >= 15 is 0 Å². The third-order valence-corrected chi connectivity index (χ3v) is 4.50. The molecule has 0 bridgehead atoms. The van der Waals surface area contributed by atoms with Crippen molar-refractivity contribution in [1.82, 2.24) is 4.72 Å². The number of sulfonamides is 1. The summed E-state index contributed by atoms with van der Waals surface area (Å²) in [6.07, 6.45) is 1.08. The number of nitrogens with one attached hydrogen (secondary N) is 1. The molecule has 0 saturated heterocycles. The van der Waals surface area contributed by atoms with Crippen LogP contribution in [-0.4, -0.2) is 26.7 Å². The molecule has 96 valence electrons. The van der Waals surface area contributed by atoms with E-state index in [0.29, 0.717) is 12.8 Å². The molecule has 0 spiro atoms. The number of aliphatic hydroxyl groups is 1. The Morgan fingerprint density at radius 3 is 2.65 bits per heavy atom. The van der Waals surface area contributed by atoms with E-state index in [4.69, 9.17) is 5.11 Å². The molecule has 0 heterocycles. The summed E-state index contributed by atoms with van der Waals surface area (Å²) in [5, 5.41) is 8.56. The molecule has 0 amide bonds. The fourth-order valence-corrected chi connectivity index (χ4v) is 3.34. The third-order valence-electron chi connectivity index (χ3n) is 2.06. The van der Waals surface area contributed by atoms with Gasteiger partial charge >= 0.3 is 0 Å². The minimum atomic E-state index is -3.63. The summed E-state index contributed by atoms with van der Waals surface area (Å²) in [5.41, 5.74) is 0. The third kappa shape index (κ3) is 4.34. The number of rotatable bonds is 6. The number of hydrogen-bond acceptors (Lipinski definition) is 3. The SMILES string of the molecule is O=S(=O)(NCCCCO)c1ccc(F)cc1Br. The Bertz CT molecular complexity index is 478. The van der Waals surface area contributed by atoms with Gasteiger partial charge in [-0.25, -0.2) is 17.5 Å². The second-order valence-corrected chi connectivity index (χ2v) is 5.99. The normalized spacial score (nSPS) is 11.7. The average molecular weight is 326 g/mol. The van der Waals surface area contributed by atoms with Crippen molar-refractivity contribution < 1.29 is 17.9 Å². The van der Waals surface area contributed by atoms with Crippen LogP contribution in [0.15, 0.2) is 27.6 Å². The van der Waals surface area contributed by atoms with E-state index in [1.165, 1.54) is 6.07 Å². The molecule has 1 aromatic carbocycles. The number of halogens is 2. The molecule has 0 aliphatic carbocycles. The van der Waals surface area contributed by atoms with Gasteiger partial charge < -0.3 is 5.11 Å². The standard InChI is InChI=1S/C10H13BrFNO3S/c11-9-7-8(12)3-4-10(9)17(15,16)13-5-1-2-6-14/h3-4,7,13-14H,1-2,5-6H2. The van der Waals surface area contributed by atoms with Crippen molar-refractivity contribution in [3.8, 4) is 0 Å². The predicted octanol–water partition coefficient (Wildman–Crippen LogP) is 1.64. The Morgan fingerprint density at radius 1 is 1.35 bits per heavy atom. The highest BCUT2D eigenvalue weighted by atomic mass is 79.9. The molecule has 17 heavy (non-hydrogen) atoms. The number of unbranched alkanes of at least 4 members (excludes halogenated alkanes) is 1. The van der Waals surface area contributed by atoms with Crippen molar-refractivity contribution in [2.24, 2.45) is 0 Å². The first-order valence-corrected chi connectivity index (χ1v) is 7.30. The first kappa shape index (κ1) is 14.6. The minimum Gasteiger partial charge on any atom is -0.396 e. The van der Waals surface area contributed by atoms with Gasteiger partial charge in [-0.05, 0) is 47.0 Å². The lowest BCUT2D eigenvalue weighted by Gasteiger charge is -2.08. The van der Waals surface area contributed by atoms with Gasteiger partial charge in [-0.2, -0.15) is 0 Å². The van der Waals surface area contributed by atoms with E-state index in [9.17, 15) is 12.8 Å². The van der Waals surface area contributed by atoms with Gasteiger partial charge in [0.25, 0.3) is 0 Å². The molecule has 0 saturated carbocycles. The summed E-state index contributed by atoms with van der Waals surface area (Å²) < 4.78 is 39.0. The molecule has 0 aliphatic rings. The zero-order valence-electron chi connectivity index (χ0n) is 8.99. The van der Waals surface area contributed by atoms with E-state index in [1.807, 2.05) is 0 Å². The molecule has 0 radical (unpaired) electrons. The van der Waals surface area contributed by atoms with Gasteiger partial charge in [0, 0.05) is 17.6 Å².